The van der Waals surface area contributed by atoms with Crippen LogP contribution in [-0.2, 0) is 35.9 Å². The molecule has 2 bridgehead atoms. The fourth-order valence-corrected chi connectivity index (χ4v) is 5.17. The molecule has 1 aliphatic carbocycles. The predicted molar refractivity (Wildman–Crippen MR) is 118 cm³/mol. The average molecular weight is 448 g/mol. The molecule has 0 unspecified atom stereocenters. The zero-order valence-electron chi connectivity index (χ0n) is 18.1. The molecule has 1 saturated heterocycles. The molecule has 3 heterocycles. The number of alkyl carbamates (subject to hydrolysis) is 1. The maximum Gasteiger partial charge on any atom is 0.407 e. The number of amides is 2. The Morgan fingerprint density at radius 1 is 1.21 bits per heavy atom. The molecule has 170 valence electrons. The van der Waals surface area contributed by atoms with Crippen molar-refractivity contribution in [3.8, 4) is 0 Å². The topological polar surface area (TPSA) is 94.2 Å². The highest BCUT2D eigenvalue weighted by Gasteiger charge is 2.61. The van der Waals surface area contributed by atoms with Crippen LogP contribution in [0.2, 0.25) is 0 Å². The van der Waals surface area contributed by atoms with Crippen molar-refractivity contribution in [2.24, 2.45) is 5.92 Å². The second-order valence-corrected chi connectivity index (χ2v) is 8.43. The molecule has 4 atom stereocenters. The van der Waals surface area contributed by atoms with E-state index in [1.54, 1.807) is 6.08 Å². The lowest BCUT2D eigenvalue weighted by Crippen LogP contribution is -2.51. The van der Waals surface area contributed by atoms with Gasteiger partial charge in [-0.25, -0.2) is 4.79 Å². The normalized spacial score (nSPS) is 27.7. The number of nitrogens with one attached hydrogen (secondary N) is 1. The number of carbonyl (C=O) groups is 3. The van der Waals surface area contributed by atoms with Crippen molar-refractivity contribution in [2.75, 3.05) is 18.8 Å². The van der Waals surface area contributed by atoms with Crippen molar-refractivity contribution in [3.63, 3.8) is 0 Å². The number of anilines is 1. The van der Waals surface area contributed by atoms with Crippen LogP contribution < -0.4 is 10.4 Å². The van der Waals surface area contributed by atoms with Crippen LogP contribution in [0.25, 0.3) is 0 Å². The Kier molecular flexibility index (Phi) is 5.47. The van der Waals surface area contributed by atoms with Gasteiger partial charge in [0.15, 0.2) is 0 Å². The van der Waals surface area contributed by atoms with Gasteiger partial charge < -0.3 is 14.8 Å². The molecular weight excluding hydrogens is 424 g/mol. The molecule has 33 heavy (non-hydrogen) atoms. The number of hydrogen-bond donors (Lipinski definition) is 1. The molecule has 2 aromatic carbocycles. The van der Waals surface area contributed by atoms with E-state index in [0.29, 0.717) is 11.3 Å². The van der Waals surface area contributed by atoms with Gasteiger partial charge in [0, 0.05) is 12.0 Å². The third-order valence-corrected chi connectivity index (χ3v) is 6.74. The summed E-state index contributed by atoms with van der Waals surface area (Å²) in [6, 6.07) is 16.2. The van der Waals surface area contributed by atoms with Crippen LogP contribution in [0.1, 0.15) is 17.5 Å². The molecule has 6 rings (SSSR count). The van der Waals surface area contributed by atoms with E-state index in [4.69, 9.17) is 14.3 Å². The highest BCUT2D eigenvalue weighted by atomic mass is 16.7. The number of benzene rings is 2. The number of hydroxylamine groups is 1. The van der Waals surface area contributed by atoms with Gasteiger partial charge in [-0.15, -0.1) is 0 Å². The molecule has 1 spiro atoms. The Morgan fingerprint density at radius 3 is 2.73 bits per heavy atom. The van der Waals surface area contributed by atoms with Crippen LogP contribution in [0.4, 0.5) is 10.5 Å². The van der Waals surface area contributed by atoms with Crippen molar-refractivity contribution >= 4 is 24.0 Å². The summed E-state index contributed by atoms with van der Waals surface area (Å²) in [6.45, 7) is 0.326. The number of aldehydes is 1. The summed E-state index contributed by atoms with van der Waals surface area (Å²) in [5.41, 5.74) is 1.61. The van der Waals surface area contributed by atoms with Crippen molar-refractivity contribution in [1.29, 1.82) is 0 Å². The third kappa shape index (κ3) is 3.42. The van der Waals surface area contributed by atoms with E-state index in [1.165, 1.54) is 12.2 Å². The number of nitrogens with zero attached hydrogens (tertiary/aromatic N) is 1. The quantitative estimate of drug-likeness (QED) is 0.707. The van der Waals surface area contributed by atoms with Gasteiger partial charge in [-0.2, -0.15) is 5.06 Å². The SMILES string of the molecule is CON1C(=O)[C@@]2(C[C@H](NC(=O)OCc3ccccc3)[C@@H]3CO[C@@H]2C=C3C=O)c2ccccc21. The number of hydrogen-bond acceptors (Lipinski definition) is 6. The standard InChI is InChI=1S/C25H24N2O6/c1-31-27-21-10-6-5-9-19(21)25(23(27)29)12-20(18-15-32-22(25)11-17(18)13-28)26-24(30)33-14-16-7-3-2-4-8-16/h2-11,13,18,20,22H,12,14-15H2,1H3,(H,26,30)/t18-,20+,22-,25+/m1/s1. The zero-order chi connectivity index (χ0) is 23.0. The van der Waals surface area contributed by atoms with Crippen LogP contribution in [0.5, 0.6) is 0 Å². The Balaban J connectivity index is 1.48. The van der Waals surface area contributed by atoms with Crippen LogP contribution in [-0.4, -0.2) is 44.1 Å². The number of para-hydroxylation sites is 1. The van der Waals surface area contributed by atoms with Gasteiger partial charge in [-0.3, -0.25) is 14.4 Å². The molecule has 2 amide bonds. The van der Waals surface area contributed by atoms with Gasteiger partial charge in [0.25, 0.3) is 5.91 Å². The van der Waals surface area contributed by atoms with Gasteiger partial charge in [0.1, 0.15) is 18.3 Å². The average Bonchev–Trinajstić information content (AvgIpc) is 2.94. The lowest BCUT2D eigenvalue weighted by molar-refractivity contribution is -0.133. The Labute approximate surface area is 191 Å². The largest absolute Gasteiger partial charge is 0.445 e. The number of ether oxygens (including phenoxy) is 2. The summed E-state index contributed by atoms with van der Waals surface area (Å²) in [7, 11) is 1.44. The summed E-state index contributed by atoms with van der Waals surface area (Å²) >= 11 is 0. The summed E-state index contributed by atoms with van der Waals surface area (Å²) < 4.78 is 11.5. The molecular formula is C25H24N2O6. The van der Waals surface area contributed by atoms with Crippen molar-refractivity contribution in [2.45, 2.75) is 30.6 Å². The summed E-state index contributed by atoms with van der Waals surface area (Å²) in [5.74, 6) is -0.677. The number of rotatable bonds is 5. The minimum atomic E-state index is -1.14. The smallest absolute Gasteiger partial charge is 0.407 e. The van der Waals surface area contributed by atoms with E-state index in [-0.39, 0.29) is 31.5 Å². The zero-order valence-corrected chi connectivity index (χ0v) is 18.1. The van der Waals surface area contributed by atoms with E-state index in [1.807, 2.05) is 54.6 Å². The lowest BCUT2D eigenvalue weighted by Gasteiger charge is -2.33. The molecule has 3 aliphatic heterocycles. The molecule has 1 N–H and O–H groups in total. The van der Waals surface area contributed by atoms with Crippen molar-refractivity contribution < 1.29 is 28.7 Å². The molecule has 0 saturated carbocycles. The Hall–Kier alpha value is -3.49. The predicted octanol–water partition coefficient (Wildman–Crippen LogP) is 2.67. The van der Waals surface area contributed by atoms with E-state index in [9.17, 15) is 14.4 Å². The fraction of sp³-hybridized carbons (Fsp3) is 0.320. The van der Waals surface area contributed by atoms with Crippen LogP contribution >= 0.6 is 0 Å². The summed E-state index contributed by atoms with van der Waals surface area (Å²) in [5, 5.41) is 4.16. The van der Waals surface area contributed by atoms with Gasteiger partial charge in [0.2, 0.25) is 0 Å². The summed E-state index contributed by atoms with van der Waals surface area (Å²) in [6.07, 6.45) is 1.47. The van der Waals surface area contributed by atoms with Crippen LogP contribution in [0.15, 0.2) is 66.2 Å². The second kappa shape index (κ2) is 8.46. The highest BCUT2D eigenvalue weighted by Crippen LogP contribution is 2.52. The first-order chi connectivity index (χ1) is 16.1. The molecule has 8 heteroatoms. The fourth-order valence-electron chi connectivity index (χ4n) is 5.17. The van der Waals surface area contributed by atoms with E-state index in [0.717, 1.165) is 17.4 Å². The highest BCUT2D eigenvalue weighted by molar-refractivity contribution is 6.07. The maximum absolute atomic E-state index is 13.7. The third-order valence-electron chi connectivity index (χ3n) is 6.74. The van der Waals surface area contributed by atoms with E-state index >= 15 is 0 Å². The minimum Gasteiger partial charge on any atom is -0.445 e. The minimum absolute atomic E-state index is 0.115. The first-order valence-corrected chi connectivity index (χ1v) is 10.8. The number of carbonyl (C=O) groups excluding carboxylic acids is 3. The number of fused-ring (bicyclic) bond motifs is 3. The monoisotopic (exact) mass is 448 g/mol. The first-order valence-electron chi connectivity index (χ1n) is 10.8. The Morgan fingerprint density at radius 2 is 1.97 bits per heavy atom. The molecule has 0 radical (unpaired) electrons. The molecule has 8 nitrogen and oxygen atoms in total. The van der Waals surface area contributed by atoms with Crippen LogP contribution in [0, 0.1) is 5.92 Å². The van der Waals surface area contributed by atoms with Gasteiger partial charge >= 0.3 is 6.09 Å². The Bertz CT molecular complexity index is 1120. The maximum atomic E-state index is 13.7. The van der Waals surface area contributed by atoms with Crippen LogP contribution in [0.3, 0.4) is 0 Å². The molecule has 1 fully saturated rings. The molecule has 4 aliphatic rings. The van der Waals surface area contributed by atoms with E-state index in [2.05, 4.69) is 5.32 Å². The van der Waals surface area contributed by atoms with Gasteiger partial charge in [-0.05, 0) is 35.3 Å². The molecule has 0 aromatic heterocycles. The van der Waals surface area contributed by atoms with Crippen molar-refractivity contribution in [3.05, 3.63) is 77.4 Å². The second-order valence-electron chi connectivity index (χ2n) is 8.43. The summed E-state index contributed by atoms with van der Waals surface area (Å²) in [4.78, 5) is 43.7. The van der Waals surface area contributed by atoms with Crippen molar-refractivity contribution in [1.82, 2.24) is 5.32 Å². The lowest BCUT2D eigenvalue weighted by atomic mass is 9.72. The first kappa shape index (κ1) is 21.4. The molecule has 2 aromatic rings. The van der Waals surface area contributed by atoms with Gasteiger partial charge in [-0.1, -0.05) is 48.5 Å². The van der Waals surface area contributed by atoms with Gasteiger partial charge in [0.05, 0.1) is 25.5 Å². The van der Waals surface area contributed by atoms with E-state index < -0.39 is 23.7 Å².